The topological polar surface area (TPSA) is 39.1 Å². The number of fused-ring (bicyclic) bond motifs is 3. The molecule has 4 heteroatoms. The SMILES string of the molecule is CC1CN(C(=N)NCc2ccc(Cl)cc2)c2ccc3ccccc3c21. The average Bonchev–Trinajstić information content (AvgIpc) is 2.98. The number of nitrogens with one attached hydrogen (secondary N) is 2. The van der Waals surface area contributed by atoms with Crippen LogP contribution in [-0.4, -0.2) is 12.5 Å². The Morgan fingerprint density at radius 3 is 2.68 bits per heavy atom. The van der Waals surface area contributed by atoms with E-state index in [4.69, 9.17) is 17.0 Å². The zero-order chi connectivity index (χ0) is 17.4. The van der Waals surface area contributed by atoms with E-state index in [0.29, 0.717) is 18.4 Å². The standard InChI is InChI=1S/C21H20ClN3/c1-14-13-25(21(23)24-12-15-6-9-17(22)10-7-15)19-11-8-16-4-2-3-5-18(16)20(14)19/h2-11,14H,12-13H2,1H3,(H2,23,24). The monoisotopic (exact) mass is 349 g/mol. The van der Waals surface area contributed by atoms with E-state index in [0.717, 1.165) is 22.8 Å². The number of hydrogen-bond acceptors (Lipinski definition) is 1. The zero-order valence-corrected chi connectivity index (χ0v) is 14.8. The molecule has 1 aliphatic heterocycles. The van der Waals surface area contributed by atoms with Gasteiger partial charge in [-0.1, -0.05) is 61.0 Å². The molecule has 0 aromatic heterocycles. The van der Waals surface area contributed by atoms with Gasteiger partial charge in [-0.2, -0.15) is 0 Å². The molecule has 1 atom stereocenters. The second kappa shape index (κ2) is 6.41. The van der Waals surface area contributed by atoms with Gasteiger partial charge >= 0.3 is 0 Å². The Balaban J connectivity index is 1.57. The Morgan fingerprint density at radius 2 is 1.88 bits per heavy atom. The first kappa shape index (κ1) is 16.0. The summed E-state index contributed by atoms with van der Waals surface area (Å²) in [6, 6.07) is 20.5. The zero-order valence-electron chi connectivity index (χ0n) is 14.1. The minimum Gasteiger partial charge on any atom is -0.352 e. The fourth-order valence-corrected chi connectivity index (χ4v) is 3.72. The van der Waals surface area contributed by atoms with Crippen molar-refractivity contribution in [1.29, 1.82) is 5.41 Å². The van der Waals surface area contributed by atoms with E-state index in [1.54, 1.807) is 0 Å². The Morgan fingerprint density at radius 1 is 1.12 bits per heavy atom. The van der Waals surface area contributed by atoms with Crippen LogP contribution in [0.2, 0.25) is 5.02 Å². The lowest BCUT2D eigenvalue weighted by atomic mass is 9.96. The molecule has 0 amide bonds. The van der Waals surface area contributed by atoms with Crippen LogP contribution in [0.5, 0.6) is 0 Å². The number of benzene rings is 3. The van der Waals surface area contributed by atoms with Gasteiger partial charge in [0.15, 0.2) is 5.96 Å². The third kappa shape index (κ3) is 2.96. The van der Waals surface area contributed by atoms with Crippen molar-refractivity contribution in [2.45, 2.75) is 19.4 Å². The highest BCUT2D eigenvalue weighted by Crippen LogP contribution is 2.40. The smallest absolute Gasteiger partial charge is 0.195 e. The van der Waals surface area contributed by atoms with Gasteiger partial charge in [0.25, 0.3) is 0 Å². The number of nitrogens with zero attached hydrogens (tertiary/aromatic N) is 1. The van der Waals surface area contributed by atoms with Gasteiger partial charge < -0.3 is 10.2 Å². The average molecular weight is 350 g/mol. The van der Waals surface area contributed by atoms with Crippen LogP contribution in [0.25, 0.3) is 10.8 Å². The van der Waals surface area contributed by atoms with Crippen molar-refractivity contribution in [1.82, 2.24) is 5.32 Å². The van der Waals surface area contributed by atoms with Crippen LogP contribution in [0.1, 0.15) is 24.0 Å². The lowest BCUT2D eigenvalue weighted by Gasteiger charge is -2.21. The van der Waals surface area contributed by atoms with Gasteiger partial charge in [-0.05, 0) is 40.1 Å². The van der Waals surface area contributed by atoms with E-state index in [9.17, 15) is 0 Å². The minimum atomic E-state index is 0.402. The normalized spacial score (nSPS) is 16.1. The molecular weight excluding hydrogens is 330 g/mol. The van der Waals surface area contributed by atoms with Gasteiger partial charge in [-0.25, -0.2) is 0 Å². The number of anilines is 1. The van der Waals surface area contributed by atoms with Crippen LogP contribution in [0, 0.1) is 5.41 Å². The summed E-state index contributed by atoms with van der Waals surface area (Å²) in [5.41, 5.74) is 3.59. The maximum absolute atomic E-state index is 8.50. The van der Waals surface area contributed by atoms with Crippen LogP contribution in [0.3, 0.4) is 0 Å². The van der Waals surface area contributed by atoms with Gasteiger partial charge in [0, 0.05) is 29.7 Å². The van der Waals surface area contributed by atoms with Gasteiger partial charge in [0.05, 0.1) is 0 Å². The maximum atomic E-state index is 8.50. The van der Waals surface area contributed by atoms with Crippen LogP contribution >= 0.6 is 11.6 Å². The first-order chi connectivity index (χ1) is 12.1. The summed E-state index contributed by atoms with van der Waals surface area (Å²) in [5, 5.41) is 15.0. The lowest BCUT2D eigenvalue weighted by Crippen LogP contribution is -2.39. The highest BCUT2D eigenvalue weighted by molar-refractivity contribution is 6.30. The summed E-state index contributed by atoms with van der Waals surface area (Å²) in [6.45, 7) is 3.68. The predicted octanol–water partition coefficient (Wildman–Crippen LogP) is 5.14. The molecule has 0 saturated heterocycles. The molecule has 1 heterocycles. The Labute approximate surface area is 152 Å². The van der Waals surface area contributed by atoms with Crippen LogP contribution in [-0.2, 0) is 6.54 Å². The van der Waals surface area contributed by atoms with Crippen LogP contribution in [0.4, 0.5) is 5.69 Å². The summed E-state index contributed by atoms with van der Waals surface area (Å²) in [4.78, 5) is 2.07. The lowest BCUT2D eigenvalue weighted by molar-refractivity contribution is 0.797. The molecule has 2 N–H and O–H groups in total. The van der Waals surface area contributed by atoms with Crippen molar-refractivity contribution < 1.29 is 0 Å². The van der Waals surface area contributed by atoms with Gasteiger partial charge in [0.2, 0.25) is 0 Å². The van der Waals surface area contributed by atoms with E-state index >= 15 is 0 Å². The molecule has 0 spiro atoms. The Bertz CT molecular complexity index is 934. The Hall–Kier alpha value is -2.52. The molecule has 1 unspecified atom stereocenters. The van der Waals surface area contributed by atoms with Crippen LogP contribution in [0.15, 0.2) is 60.7 Å². The quantitative estimate of drug-likeness (QED) is 0.496. The molecule has 3 aromatic carbocycles. The third-order valence-electron chi connectivity index (χ3n) is 4.83. The highest BCUT2D eigenvalue weighted by Gasteiger charge is 2.29. The maximum Gasteiger partial charge on any atom is 0.195 e. The van der Waals surface area contributed by atoms with Gasteiger partial charge in [-0.3, -0.25) is 5.41 Å². The van der Waals surface area contributed by atoms with E-state index in [1.165, 1.54) is 16.3 Å². The molecule has 1 aliphatic rings. The van der Waals surface area contributed by atoms with Crippen molar-refractivity contribution in [2.75, 3.05) is 11.4 Å². The minimum absolute atomic E-state index is 0.402. The summed E-state index contributed by atoms with van der Waals surface area (Å²) < 4.78 is 0. The number of hydrogen-bond donors (Lipinski definition) is 2. The summed E-state index contributed by atoms with van der Waals surface area (Å²) in [7, 11) is 0. The van der Waals surface area contributed by atoms with Crippen molar-refractivity contribution in [2.24, 2.45) is 0 Å². The fourth-order valence-electron chi connectivity index (χ4n) is 3.60. The second-order valence-electron chi connectivity index (χ2n) is 6.56. The highest BCUT2D eigenvalue weighted by atomic mass is 35.5. The molecular formula is C21H20ClN3. The van der Waals surface area contributed by atoms with Crippen molar-refractivity contribution in [3.63, 3.8) is 0 Å². The van der Waals surface area contributed by atoms with Gasteiger partial charge in [-0.15, -0.1) is 0 Å². The summed E-state index contributed by atoms with van der Waals surface area (Å²) in [5.74, 6) is 0.842. The first-order valence-electron chi connectivity index (χ1n) is 8.49. The second-order valence-corrected chi connectivity index (χ2v) is 7.00. The summed E-state index contributed by atoms with van der Waals surface area (Å²) >= 11 is 5.93. The number of guanidine groups is 1. The van der Waals surface area contributed by atoms with E-state index < -0.39 is 0 Å². The van der Waals surface area contributed by atoms with Crippen molar-refractivity contribution in [3.05, 3.63) is 76.8 Å². The molecule has 0 radical (unpaired) electrons. The predicted molar refractivity (Wildman–Crippen MR) is 106 cm³/mol. The Kier molecular flexibility index (Phi) is 4.10. The molecule has 0 bridgehead atoms. The molecule has 0 saturated carbocycles. The summed E-state index contributed by atoms with van der Waals surface area (Å²) in [6.07, 6.45) is 0. The largest absolute Gasteiger partial charge is 0.352 e. The molecule has 126 valence electrons. The first-order valence-corrected chi connectivity index (χ1v) is 8.87. The molecule has 0 aliphatic carbocycles. The molecule has 4 rings (SSSR count). The van der Waals surface area contributed by atoms with E-state index in [1.807, 2.05) is 24.3 Å². The number of halogens is 1. The molecule has 3 nitrogen and oxygen atoms in total. The van der Waals surface area contributed by atoms with E-state index in [2.05, 4.69) is 53.5 Å². The van der Waals surface area contributed by atoms with Crippen LogP contribution < -0.4 is 10.2 Å². The molecule has 0 fully saturated rings. The van der Waals surface area contributed by atoms with Crippen molar-refractivity contribution in [3.8, 4) is 0 Å². The van der Waals surface area contributed by atoms with Crippen molar-refractivity contribution >= 4 is 34.0 Å². The van der Waals surface area contributed by atoms with E-state index in [-0.39, 0.29) is 0 Å². The third-order valence-corrected chi connectivity index (χ3v) is 5.08. The fraction of sp³-hybridized carbons (Fsp3) is 0.190. The van der Waals surface area contributed by atoms with Gasteiger partial charge in [0.1, 0.15) is 0 Å². The molecule has 3 aromatic rings. The molecule has 25 heavy (non-hydrogen) atoms. The number of rotatable bonds is 2.